The molecule has 0 saturated heterocycles. The molecule has 2 aliphatic rings. The van der Waals surface area contributed by atoms with Crippen molar-refractivity contribution < 1.29 is 36.1 Å². The predicted octanol–water partition coefficient (Wildman–Crippen LogP) is 6.01. The van der Waals surface area contributed by atoms with Gasteiger partial charge in [-0.15, -0.1) is 0 Å². The third-order valence-corrected chi connectivity index (χ3v) is 7.87. The number of rotatable bonds is 8. The molecule has 2 N–H and O–H groups in total. The van der Waals surface area contributed by atoms with E-state index in [0.717, 1.165) is 0 Å². The second-order valence-corrected chi connectivity index (χ2v) is 10.7. The summed E-state index contributed by atoms with van der Waals surface area (Å²) in [5, 5.41) is 17.2. The van der Waals surface area contributed by atoms with Crippen LogP contribution in [0.1, 0.15) is 51.5 Å². The van der Waals surface area contributed by atoms with Crippen molar-refractivity contribution in [1.29, 1.82) is 0 Å². The van der Waals surface area contributed by atoms with Crippen LogP contribution in [-0.4, -0.2) is 35.8 Å². The highest BCUT2D eigenvalue weighted by atomic mass is 19.4. The van der Waals surface area contributed by atoms with E-state index in [4.69, 9.17) is 0 Å². The summed E-state index contributed by atoms with van der Waals surface area (Å²) in [5.74, 6) is -5.74. The molecule has 12 heteroatoms. The molecule has 2 aliphatic carbocycles. The van der Waals surface area contributed by atoms with Crippen LogP contribution in [0.25, 0.3) is 0 Å². The SMILES string of the molecule is CC(C)C1C[C@@H](NCc2ccccc2[N+](=O)[O-])C[C@H]1C(=O)NCC1CC(C(F)(F)F)C[C@@H](C(F)(F)F)C1. The minimum Gasteiger partial charge on any atom is -0.356 e. The normalized spacial score (nSPS) is 28.9. The summed E-state index contributed by atoms with van der Waals surface area (Å²) in [6.07, 6.45) is -10.2. The number of amides is 1. The Balaban J connectivity index is 1.61. The van der Waals surface area contributed by atoms with E-state index in [0.29, 0.717) is 18.4 Å². The van der Waals surface area contributed by atoms with Gasteiger partial charge in [-0.2, -0.15) is 26.3 Å². The summed E-state index contributed by atoms with van der Waals surface area (Å²) in [5.41, 5.74) is 0.502. The average Bonchev–Trinajstić information content (AvgIpc) is 3.25. The standard InChI is InChI=1S/C25H33F6N3O3/c1-14(2)20-10-19(32-13-16-5-3-4-6-22(16)34(36)37)11-21(20)23(35)33-12-15-7-17(24(26,27)28)9-18(8-15)25(29,30)31/h3-6,14-15,17-21,32H,7-13H2,1-2H3,(H,33,35)/t15?,17-,18?,19+,20?,21+/m0/s1. The summed E-state index contributed by atoms with van der Waals surface area (Å²) in [6, 6.07) is 6.23. The lowest BCUT2D eigenvalue weighted by Crippen LogP contribution is -2.43. The van der Waals surface area contributed by atoms with Gasteiger partial charge in [-0.1, -0.05) is 32.0 Å². The Morgan fingerprint density at radius 1 is 1.00 bits per heavy atom. The zero-order valence-corrected chi connectivity index (χ0v) is 20.7. The lowest BCUT2D eigenvalue weighted by molar-refractivity contribution is -0.385. The van der Waals surface area contributed by atoms with E-state index in [2.05, 4.69) is 10.6 Å². The number of carbonyl (C=O) groups excluding carboxylic acids is 1. The number of nitrogens with zero attached hydrogens (tertiary/aromatic N) is 1. The number of alkyl halides is 6. The topological polar surface area (TPSA) is 84.3 Å². The second kappa shape index (κ2) is 11.6. The quantitative estimate of drug-likeness (QED) is 0.242. The van der Waals surface area contributed by atoms with Crippen LogP contribution in [0, 0.1) is 45.6 Å². The van der Waals surface area contributed by atoms with Crippen LogP contribution < -0.4 is 10.6 Å². The molecule has 37 heavy (non-hydrogen) atoms. The third-order valence-electron chi connectivity index (χ3n) is 7.87. The maximum atomic E-state index is 13.3. The second-order valence-electron chi connectivity index (χ2n) is 10.7. The van der Waals surface area contributed by atoms with Gasteiger partial charge in [0.05, 0.1) is 16.8 Å². The zero-order chi connectivity index (χ0) is 27.5. The maximum Gasteiger partial charge on any atom is 0.391 e. The fourth-order valence-electron chi connectivity index (χ4n) is 5.88. The number of nitro benzene ring substituents is 1. The van der Waals surface area contributed by atoms with Gasteiger partial charge in [-0.25, -0.2) is 0 Å². The van der Waals surface area contributed by atoms with E-state index in [1.807, 2.05) is 13.8 Å². The largest absolute Gasteiger partial charge is 0.391 e. The number of benzene rings is 1. The first-order valence-corrected chi connectivity index (χ1v) is 12.5. The van der Waals surface area contributed by atoms with E-state index in [9.17, 15) is 41.3 Å². The van der Waals surface area contributed by atoms with Crippen LogP contribution in [0.15, 0.2) is 24.3 Å². The highest BCUT2D eigenvalue weighted by Gasteiger charge is 2.52. The molecule has 6 atom stereocenters. The molecule has 0 aromatic heterocycles. The third kappa shape index (κ3) is 7.58. The van der Waals surface area contributed by atoms with Gasteiger partial charge in [0.2, 0.25) is 5.91 Å². The minimum absolute atomic E-state index is 0.00972. The Morgan fingerprint density at radius 3 is 2.14 bits per heavy atom. The Hall–Kier alpha value is -2.37. The molecule has 1 aromatic rings. The van der Waals surface area contributed by atoms with Crippen molar-refractivity contribution in [3.63, 3.8) is 0 Å². The number of carbonyl (C=O) groups is 1. The molecular formula is C25H33F6N3O3. The summed E-state index contributed by atoms with van der Waals surface area (Å²) in [4.78, 5) is 23.8. The summed E-state index contributed by atoms with van der Waals surface area (Å²) in [6.45, 7) is 3.92. The Morgan fingerprint density at radius 2 is 1.59 bits per heavy atom. The first-order chi connectivity index (χ1) is 17.2. The first kappa shape index (κ1) is 29.2. The summed E-state index contributed by atoms with van der Waals surface area (Å²) < 4.78 is 79.6. The number of nitro groups is 1. The van der Waals surface area contributed by atoms with Gasteiger partial charge >= 0.3 is 12.4 Å². The Kier molecular flexibility index (Phi) is 9.13. The average molecular weight is 538 g/mol. The molecule has 0 radical (unpaired) electrons. The molecule has 2 saturated carbocycles. The van der Waals surface area contributed by atoms with E-state index >= 15 is 0 Å². The molecule has 0 heterocycles. The monoisotopic (exact) mass is 537 g/mol. The van der Waals surface area contributed by atoms with Gasteiger partial charge in [0.1, 0.15) is 0 Å². The van der Waals surface area contributed by atoms with Gasteiger partial charge in [-0.3, -0.25) is 14.9 Å². The maximum absolute atomic E-state index is 13.3. The zero-order valence-electron chi connectivity index (χ0n) is 20.7. The van der Waals surface area contributed by atoms with Crippen molar-refractivity contribution in [2.75, 3.05) is 6.54 Å². The van der Waals surface area contributed by atoms with E-state index in [1.54, 1.807) is 18.2 Å². The van der Waals surface area contributed by atoms with Crippen molar-refractivity contribution >= 4 is 11.6 Å². The number of hydrogen-bond donors (Lipinski definition) is 2. The lowest BCUT2D eigenvalue weighted by Gasteiger charge is -2.37. The smallest absolute Gasteiger partial charge is 0.356 e. The highest BCUT2D eigenvalue weighted by molar-refractivity contribution is 5.79. The molecule has 0 bridgehead atoms. The van der Waals surface area contributed by atoms with Gasteiger partial charge in [-0.05, 0) is 49.9 Å². The van der Waals surface area contributed by atoms with E-state index in [-0.39, 0.29) is 42.6 Å². The van der Waals surface area contributed by atoms with Gasteiger partial charge in [0, 0.05) is 36.7 Å². The summed E-state index contributed by atoms with van der Waals surface area (Å²) in [7, 11) is 0. The van der Waals surface area contributed by atoms with Crippen molar-refractivity contribution in [3.05, 3.63) is 39.9 Å². The van der Waals surface area contributed by atoms with E-state index < -0.39 is 60.2 Å². The number of halogens is 6. The molecule has 0 aliphatic heterocycles. The molecule has 1 amide bonds. The van der Waals surface area contributed by atoms with Crippen LogP contribution in [0.4, 0.5) is 32.0 Å². The number of para-hydroxylation sites is 1. The van der Waals surface area contributed by atoms with Gasteiger partial charge in [0.15, 0.2) is 0 Å². The lowest BCUT2D eigenvalue weighted by atomic mass is 9.74. The van der Waals surface area contributed by atoms with Crippen LogP contribution in [0.5, 0.6) is 0 Å². The molecule has 0 spiro atoms. The summed E-state index contributed by atoms with van der Waals surface area (Å²) >= 11 is 0. The fourth-order valence-corrected chi connectivity index (χ4v) is 5.88. The van der Waals surface area contributed by atoms with Crippen molar-refractivity contribution in [1.82, 2.24) is 10.6 Å². The minimum atomic E-state index is -4.72. The molecule has 208 valence electrons. The molecule has 1 aromatic carbocycles. The van der Waals surface area contributed by atoms with Crippen molar-refractivity contribution in [2.45, 2.75) is 70.9 Å². The van der Waals surface area contributed by atoms with Crippen LogP contribution >= 0.6 is 0 Å². The van der Waals surface area contributed by atoms with E-state index in [1.165, 1.54) is 6.07 Å². The number of hydrogen-bond acceptors (Lipinski definition) is 4. The van der Waals surface area contributed by atoms with Crippen LogP contribution in [0.2, 0.25) is 0 Å². The fraction of sp³-hybridized carbons (Fsp3) is 0.720. The van der Waals surface area contributed by atoms with Gasteiger partial charge < -0.3 is 10.6 Å². The van der Waals surface area contributed by atoms with Gasteiger partial charge in [0.25, 0.3) is 5.69 Å². The molecule has 2 fully saturated rings. The molecule has 6 nitrogen and oxygen atoms in total. The Labute approximate surface area is 211 Å². The first-order valence-electron chi connectivity index (χ1n) is 12.5. The number of nitrogens with one attached hydrogen (secondary N) is 2. The van der Waals surface area contributed by atoms with Crippen LogP contribution in [0.3, 0.4) is 0 Å². The highest BCUT2D eigenvalue weighted by Crippen LogP contribution is 2.47. The molecule has 3 unspecified atom stereocenters. The molecular weight excluding hydrogens is 504 g/mol. The van der Waals surface area contributed by atoms with Crippen molar-refractivity contribution in [3.8, 4) is 0 Å². The predicted molar refractivity (Wildman–Crippen MR) is 124 cm³/mol. The Bertz CT molecular complexity index is 930. The van der Waals surface area contributed by atoms with Crippen LogP contribution in [-0.2, 0) is 11.3 Å². The van der Waals surface area contributed by atoms with Crippen molar-refractivity contribution in [2.24, 2.45) is 35.5 Å². The molecule has 3 rings (SSSR count).